The first-order chi connectivity index (χ1) is 9.77. The Hall–Kier alpha value is -0.860. The predicted molar refractivity (Wildman–Crippen MR) is 67.0 cm³/mol. The highest BCUT2D eigenvalue weighted by molar-refractivity contribution is 9.10. The standard InChI is InChI=1S/C12H7BrS/c13-8-5-6-12-10(7-8)9-3-1-2-4-11(9)14-12/h1-7H/i1D,2D,3D,4D,5D,6D,7D. The smallest absolute Gasteiger partial charge is 0.0642 e. The van der Waals surface area contributed by atoms with Crippen molar-refractivity contribution in [3.63, 3.8) is 0 Å². The molecular formula is C12H7BrS. The number of fused-ring (bicyclic) bond motifs is 3. The highest BCUT2D eigenvalue weighted by Gasteiger charge is 2.03. The van der Waals surface area contributed by atoms with Crippen LogP contribution in [0.5, 0.6) is 0 Å². The van der Waals surface area contributed by atoms with Gasteiger partial charge in [0.25, 0.3) is 0 Å². The average Bonchev–Trinajstić information content (AvgIpc) is 2.87. The number of hydrogen-bond donors (Lipinski definition) is 0. The molecule has 0 bridgehead atoms. The largest absolute Gasteiger partial charge is 0.135 e. The number of rotatable bonds is 0. The molecule has 0 aliphatic rings. The highest BCUT2D eigenvalue weighted by Crippen LogP contribution is 2.34. The molecule has 2 heteroatoms. The van der Waals surface area contributed by atoms with Crippen LogP contribution < -0.4 is 0 Å². The van der Waals surface area contributed by atoms with Gasteiger partial charge in [0, 0.05) is 24.6 Å². The highest BCUT2D eigenvalue weighted by atomic mass is 79.9. The minimum Gasteiger partial charge on any atom is -0.135 e. The zero-order valence-electron chi connectivity index (χ0n) is 13.8. The van der Waals surface area contributed by atoms with Crippen molar-refractivity contribution in [3.8, 4) is 0 Å². The van der Waals surface area contributed by atoms with Crippen LogP contribution in [0.2, 0.25) is 0 Å². The van der Waals surface area contributed by atoms with E-state index in [1.807, 2.05) is 0 Å². The van der Waals surface area contributed by atoms with Gasteiger partial charge in [-0.1, -0.05) is 34.1 Å². The van der Waals surface area contributed by atoms with E-state index < -0.39 is 0 Å². The Morgan fingerprint density at radius 3 is 2.71 bits per heavy atom. The average molecular weight is 270 g/mol. The first-order valence-corrected chi connectivity index (χ1v) is 5.46. The lowest BCUT2D eigenvalue weighted by atomic mass is 10.2. The lowest BCUT2D eigenvalue weighted by molar-refractivity contribution is 1.77. The molecule has 0 N–H and O–H groups in total. The molecule has 0 saturated carbocycles. The van der Waals surface area contributed by atoms with Gasteiger partial charge in [0.15, 0.2) is 0 Å². The summed E-state index contributed by atoms with van der Waals surface area (Å²) in [4.78, 5) is 0. The van der Waals surface area contributed by atoms with Crippen molar-refractivity contribution < 1.29 is 9.60 Å². The van der Waals surface area contributed by atoms with Gasteiger partial charge in [-0.25, -0.2) is 0 Å². The normalized spacial score (nSPS) is 18.2. The second-order valence-electron chi connectivity index (χ2n) is 2.70. The minimum atomic E-state index is -0.357. The maximum atomic E-state index is 8.12. The maximum Gasteiger partial charge on any atom is 0.0642 e. The third-order valence-corrected chi connectivity index (χ3v) is 3.27. The predicted octanol–water partition coefficient (Wildman–Crippen LogP) is 4.82. The molecule has 2 aromatic carbocycles. The van der Waals surface area contributed by atoms with Gasteiger partial charge >= 0.3 is 0 Å². The zero-order chi connectivity index (χ0) is 15.6. The minimum absolute atomic E-state index is 0.0257. The summed E-state index contributed by atoms with van der Waals surface area (Å²) in [6, 6.07) is -1.29. The molecular weight excluding hydrogens is 256 g/mol. The zero-order valence-corrected chi connectivity index (χ0v) is 9.19. The van der Waals surface area contributed by atoms with Crippen LogP contribution in [0.25, 0.3) is 20.2 Å². The van der Waals surface area contributed by atoms with E-state index in [0.717, 1.165) is 11.3 Å². The van der Waals surface area contributed by atoms with E-state index in [1.54, 1.807) is 0 Å². The van der Waals surface area contributed by atoms with Crippen LogP contribution >= 0.6 is 27.3 Å². The van der Waals surface area contributed by atoms with Crippen molar-refractivity contribution in [3.05, 3.63) is 46.8 Å². The molecule has 0 nitrogen and oxygen atoms in total. The molecule has 0 saturated heterocycles. The van der Waals surface area contributed by atoms with Crippen molar-refractivity contribution in [2.45, 2.75) is 0 Å². The van der Waals surface area contributed by atoms with Gasteiger partial charge in [-0.2, -0.15) is 0 Å². The van der Waals surface area contributed by atoms with Crippen LogP contribution in [-0.2, 0) is 0 Å². The molecule has 0 radical (unpaired) electrons. The summed E-state index contributed by atoms with van der Waals surface area (Å²) in [5.41, 5.74) is 0. The lowest BCUT2D eigenvalue weighted by Crippen LogP contribution is -1.65. The Morgan fingerprint density at radius 1 is 1.00 bits per heavy atom. The van der Waals surface area contributed by atoms with Crippen LogP contribution in [0.3, 0.4) is 0 Å². The van der Waals surface area contributed by atoms with Crippen molar-refractivity contribution in [1.29, 1.82) is 0 Å². The Balaban J connectivity index is 2.73. The van der Waals surface area contributed by atoms with E-state index in [9.17, 15) is 0 Å². The monoisotopic (exact) mass is 269 g/mol. The fourth-order valence-corrected chi connectivity index (χ4v) is 2.50. The van der Waals surface area contributed by atoms with E-state index in [-0.39, 0.29) is 52.2 Å². The van der Waals surface area contributed by atoms with Crippen molar-refractivity contribution in [2.24, 2.45) is 0 Å². The SMILES string of the molecule is [2H]c1c([2H])c([2H])c2c(sc3c([2H])c([2H])c(Br)c([2H])c32)c1[2H]. The van der Waals surface area contributed by atoms with Crippen LogP contribution in [0, 0.1) is 0 Å². The Morgan fingerprint density at radius 2 is 1.79 bits per heavy atom. The molecule has 0 unspecified atom stereocenters. The summed E-state index contributed by atoms with van der Waals surface area (Å²) in [7, 11) is 0. The van der Waals surface area contributed by atoms with E-state index in [1.165, 1.54) is 0 Å². The van der Waals surface area contributed by atoms with Crippen LogP contribution in [-0.4, -0.2) is 0 Å². The third kappa shape index (κ3) is 1.18. The van der Waals surface area contributed by atoms with E-state index >= 15 is 0 Å². The van der Waals surface area contributed by atoms with Gasteiger partial charge in [-0.3, -0.25) is 0 Å². The van der Waals surface area contributed by atoms with Crippen molar-refractivity contribution in [1.82, 2.24) is 0 Å². The summed E-state index contributed by atoms with van der Waals surface area (Å²) < 4.78 is 56.2. The van der Waals surface area contributed by atoms with E-state index in [4.69, 9.17) is 9.60 Å². The van der Waals surface area contributed by atoms with Crippen molar-refractivity contribution in [2.75, 3.05) is 0 Å². The Kier molecular flexibility index (Phi) is 0.867. The van der Waals surface area contributed by atoms with Crippen LogP contribution in [0.15, 0.2) is 46.8 Å². The molecule has 68 valence electrons. The maximum absolute atomic E-state index is 8.12. The molecule has 3 aromatic rings. The van der Waals surface area contributed by atoms with Crippen LogP contribution in [0.4, 0.5) is 0 Å². The topological polar surface area (TPSA) is 0 Å². The fourth-order valence-electron chi connectivity index (χ4n) is 1.28. The van der Waals surface area contributed by atoms with Gasteiger partial charge < -0.3 is 0 Å². The number of hydrogen-bond acceptors (Lipinski definition) is 1. The molecule has 0 spiro atoms. The molecule has 1 heterocycles. The molecule has 3 rings (SSSR count). The van der Waals surface area contributed by atoms with E-state index in [0.29, 0.717) is 14.8 Å². The first kappa shape index (κ1) is 3.95. The number of halogens is 1. The van der Waals surface area contributed by atoms with Gasteiger partial charge in [0.05, 0.1) is 9.60 Å². The van der Waals surface area contributed by atoms with Gasteiger partial charge in [0.2, 0.25) is 0 Å². The molecule has 0 amide bonds. The summed E-state index contributed by atoms with van der Waals surface area (Å²) in [6.07, 6.45) is 0. The Bertz CT molecular complexity index is 857. The molecule has 0 aliphatic carbocycles. The fraction of sp³-hybridized carbons (Fsp3) is 0. The number of thiophene rings is 1. The molecule has 0 atom stereocenters. The van der Waals surface area contributed by atoms with Crippen molar-refractivity contribution >= 4 is 47.4 Å². The number of benzene rings is 2. The third-order valence-electron chi connectivity index (χ3n) is 1.85. The molecule has 1 aromatic heterocycles. The van der Waals surface area contributed by atoms with Gasteiger partial charge in [0.1, 0.15) is 0 Å². The first-order valence-electron chi connectivity index (χ1n) is 7.35. The summed E-state index contributed by atoms with van der Waals surface area (Å²) in [5.74, 6) is 0. The summed E-state index contributed by atoms with van der Waals surface area (Å²) in [6.45, 7) is 0. The molecule has 0 fully saturated rings. The lowest BCUT2D eigenvalue weighted by Gasteiger charge is -1.91. The van der Waals surface area contributed by atoms with Crippen LogP contribution in [0.1, 0.15) is 9.60 Å². The second kappa shape index (κ2) is 3.07. The quantitative estimate of drug-likeness (QED) is 0.549. The van der Waals surface area contributed by atoms with E-state index in [2.05, 4.69) is 15.9 Å². The second-order valence-corrected chi connectivity index (χ2v) is 4.51. The Labute approximate surface area is 104 Å². The van der Waals surface area contributed by atoms with Gasteiger partial charge in [-0.15, -0.1) is 11.3 Å². The summed E-state index contributed by atoms with van der Waals surface area (Å²) in [5, 5.41) is 0.551. The molecule has 0 aliphatic heterocycles. The molecule has 14 heavy (non-hydrogen) atoms. The van der Waals surface area contributed by atoms with Gasteiger partial charge in [-0.05, 0) is 24.2 Å². The summed E-state index contributed by atoms with van der Waals surface area (Å²) >= 11 is 4.15.